The quantitative estimate of drug-likeness (QED) is 0.661. The third kappa shape index (κ3) is 1.16. The molecule has 1 atom stereocenters. The van der Waals surface area contributed by atoms with Gasteiger partial charge in [0.15, 0.2) is 0 Å². The van der Waals surface area contributed by atoms with E-state index >= 15 is 0 Å². The molecule has 0 aromatic carbocycles. The van der Waals surface area contributed by atoms with Crippen molar-refractivity contribution in [3.05, 3.63) is 0 Å². The Balaban J connectivity index is 2.15. The highest BCUT2D eigenvalue weighted by molar-refractivity contribution is 5.22. The lowest BCUT2D eigenvalue weighted by Crippen LogP contribution is -2.46. The Kier molecular flexibility index (Phi) is 1.83. The molecular weight excluding hydrogens is 158 g/mol. The van der Waals surface area contributed by atoms with Gasteiger partial charge < -0.3 is 5.73 Å². The van der Waals surface area contributed by atoms with Crippen molar-refractivity contribution in [1.82, 2.24) is 0 Å². The summed E-state index contributed by atoms with van der Waals surface area (Å²) in [7, 11) is 0. The predicted molar refractivity (Wildman–Crippen MR) is 56.5 cm³/mol. The van der Waals surface area contributed by atoms with Crippen LogP contribution in [0.15, 0.2) is 0 Å². The number of hydrogen-bond acceptors (Lipinski definition) is 1. The van der Waals surface area contributed by atoms with Gasteiger partial charge in [0.25, 0.3) is 0 Å². The van der Waals surface area contributed by atoms with E-state index in [4.69, 9.17) is 5.73 Å². The fraction of sp³-hybridized carbons (Fsp3) is 1.00. The standard InChI is InChI=1S/C12H23N/c1-10(2)9-12(10,13)11(3)7-5-4-6-8-11/h4-9,13H2,1-3H3. The van der Waals surface area contributed by atoms with Crippen molar-refractivity contribution < 1.29 is 0 Å². The average Bonchev–Trinajstić information content (AvgIpc) is 2.55. The molecule has 2 N–H and O–H groups in total. The molecule has 0 amide bonds. The number of rotatable bonds is 1. The van der Waals surface area contributed by atoms with Crippen LogP contribution < -0.4 is 5.73 Å². The van der Waals surface area contributed by atoms with Gasteiger partial charge in [0.05, 0.1) is 0 Å². The summed E-state index contributed by atoms with van der Waals surface area (Å²) in [6, 6.07) is 0. The first-order valence-corrected chi connectivity index (χ1v) is 5.70. The van der Waals surface area contributed by atoms with Crippen molar-refractivity contribution in [1.29, 1.82) is 0 Å². The van der Waals surface area contributed by atoms with Crippen LogP contribution >= 0.6 is 0 Å². The molecule has 2 aliphatic carbocycles. The molecule has 1 nitrogen and oxygen atoms in total. The van der Waals surface area contributed by atoms with Crippen LogP contribution in [0, 0.1) is 10.8 Å². The predicted octanol–water partition coefficient (Wildman–Crippen LogP) is 3.08. The molecule has 0 aromatic rings. The SMILES string of the molecule is CC1(C)CC1(N)C1(C)CCCCC1. The van der Waals surface area contributed by atoms with Crippen molar-refractivity contribution in [3.63, 3.8) is 0 Å². The Labute approximate surface area is 82.1 Å². The summed E-state index contributed by atoms with van der Waals surface area (Å²) >= 11 is 0. The van der Waals surface area contributed by atoms with Gasteiger partial charge in [-0.3, -0.25) is 0 Å². The summed E-state index contributed by atoms with van der Waals surface area (Å²) in [5.41, 5.74) is 7.53. The molecule has 2 rings (SSSR count). The van der Waals surface area contributed by atoms with Crippen LogP contribution in [-0.4, -0.2) is 5.54 Å². The first-order chi connectivity index (χ1) is 5.91. The van der Waals surface area contributed by atoms with Crippen molar-refractivity contribution in [2.24, 2.45) is 16.6 Å². The van der Waals surface area contributed by atoms with E-state index in [-0.39, 0.29) is 5.54 Å². The summed E-state index contributed by atoms with van der Waals surface area (Å²) in [6.45, 7) is 7.07. The Morgan fingerprint density at radius 1 is 0.923 bits per heavy atom. The minimum atomic E-state index is 0.153. The van der Waals surface area contributed by atoms with Gasteiger partial charge in [-0.25, -0.2) is 0 Å². The van der Waals surface area contributed by atoms with Gasteiger partial charge in [-0.15, -0.1) is 0 Å². The molecule has 2 saturated carbocycles. The van der Waals surface area contributed by atoms with Gasteiger partial charge >= 0.3 is 0 Å². The van der Waals surface area contributed by atoms with Gasteiger partial charge in [-0.1, -0.05) is 40.0 Å². The maximum atomic E-state index is 6.53. The van der Waals surface area contributed by atoms with E-state index in [0.29, 0.717) is 10.8 Å². The summed E-state index contributed by atoms with van der Waals surface area (Å²) in [6.07, 6.45) is 8.15. The zero-order valence-electron chi connectivity index (χ0n) is 9.32. The van der Waals surface area contributed by atoms with Gasteiger partial charge in [0.1, 0.15) is 0 Å². The highest BCUT2D eigenvalue weighted by Gasteiger charge is 2.66. The van der Waals surface area contributed by atoms with Crippen LogP contribution in [-0.2, 0) is 0 Å². The molecular formula is C12H23N. The molecule has 0 bridgehead atoms. The maximum Gasteiger partial charge on any atom is 0.0267 e. The summed E-state index contributed by atoms with van der Waals surface area (Å²) in [5, 5.41) is 0. The molecule has 1 heteroatoms. The lowest BCUT2D eigenvalue weighted by molar-refractivity contribution is 0.131. The van der Waals surface area contributed by atoms with Crippen LogP contribution in [0.1, 0.15) is 59.3 Å². The van der Waals surface area contributed by atoms with Gasteiger partial charge in [-0.2, -0.15) is 0 Å². The monoisotopic (exact) mass is 181 g/mol. The molecule has 76 valence electrons. The van der Waals surface area contributed by atoms with Gasteiger partial charge in [0, 0.05) is 5.54 Å². The van der Waals surface area contributed by atoms with E-state index in [9.17, 15) is 0 Å². The Bertz CT molecular complexity index is 213. The highest BCUT2D eigenvalue weighted by atomic mass is 14.9. The lowest BCUT2D eigenvalue weighted by Gasteiger charge is -2.41. The van der Waals surface area contributed by atoms with Crippen molar-refractivity contribution >= 4 is 0 Å². The van der Waals surface area contributed by atoms with E-state index in [0.717, 1.165) is 0 Å². The molecule has 0 heterocycles. The smallest absolute Gasteiger partial charge is 0.0267 e. The van der Waals surface area contributed by atoms with Crippen LogP contribution in [0.25, 0.3) is 0 Å². The second-order valence-corrected chi connectivity index (χ2v) is 6.15. The zero-order chi connectivity index (χ0) is 9.74. The number of hydrogen-bond donors (Lipinski definition) is 1. The maximum absolute atomic E-state index is 6.53. The van der Waals surface area contributed by atoms with Crippen LogP contribution in [0.2, 0.25) is 0 Å². The van der Waals surface area contributed by atoms with Crippen LogP contribution in [0.5, 0.6) is 0 Å². The summed E-state index contributed by atoms with van der Waals surface area (Å²) < 4.78 is 0. The number of nitrogens with two attached hydrogens (primary N) is 1. The van der Waals surface area contributed by atoms with Crippen LogP contribution in [0.4, 0.5) is 0 Å². The highest BCUT2D eigenvalue weighted by Crippen LogP contribution is 2.65. The van der Waals surface area contributed by atoms with Crippen molar-refractivity contribution in [2.75, 3.05) is 0 Å². The largest absolute Gasteiger partial charge is 0.324 e. The summed E-state index contributed by atoms with van der Waals surface area (Å²) in [5.74, 6) is 0. The van der Waals surface area contributed by atoms with E-state index in [1.807, 2.05) is 0 Å². The van der Waals surface area contributed by atoms with E-state index < -0.39 is 0 Å². The molecule has 1 unspecified atom stereocenters. The minimum Gasteiger partial charge on any atom is -0.324 e. The minimum absolute atomic E-state index is 0.153. The topological polar surface area (TPSA) is 26.0 Å². The first kappa shape index (κ1) is 9.51. The molecule has 0 saturated heterocycles. The molecule has 0 radical (unpaired) electrons. The van der Waals surface area contributed by atoms with Gasteiger partial charge in [-0.05, 0) is 30.1 Å². The molecule has 0 aromatic heterocycles. The second kappa shape index (κ2) is 2.50. The normalized spacial score (nSPS) is 41.5. The van der Waals surface area contributed by atoms with Crippen molar-refractivity contribution in [3.8, 4) is 0 Å². The Morgan fingerprint density at radius 3 is 1.77 bits per heavy atom. The molecule has 0 aliphatic heterocycles. The molecule has 13 heavy (non-hydrogen) atoms. The third-order valence-electron chi connectivity index (χ3n) is 4.84. The molecule has 2 aliphatic rings. The van der Waals surface area contributed by atoms with E-state index in [1.54, 1.807) is 0 Å². The summed E-state index contributed by atoms with van der Waals surface area (Å²) in [4.78, 5) is 0. The van der Waals surface area contributed by atoms with E-state index in [1.165, 1.54) is 38.5 Å². The zero-order valence-corrected chi connectivity index (χ0v) is 9.32. The second-order valence-electron chi connectivity index (χ2n) is 6.15. The first-order valence-electron chi connectivity index (χ1n) is 5.70. The third-order valence-corrected chi connectivity index (χ3v) is 4.84. The van der Waals surface area contributed by atoms with Crippen molar-refractivity contribution in [2.45, 2.75) is 64.8 Å². The van der Waals surface area contributed by atoms with Crippen LogP contribution in [0.3, 0.4) is 0 Å². The molecule has 2 fully saturated rings. The Morgan fingerprint density at radius 2 is 1.38 bits per heavy atom. The van der Waals surface area contributed by atoms with Gasteiger partial charge in [0.2, 0.25) is 0 Å². The lowest BCUT2D eigenvalue weighted by atomic mass is 9.67. The fourth-order valence-corrected chi connectivity index (χ4v) is 3.46. The molecule has 0 spiro atoms. The average molecular weight is 181 g/mol. The Hall–Kier alpha value is -0.0400. The fourth-order valence-electron chi connectivity index (χ4n) is 3.46. The van der Waals surface area contributed by atoms with E-state index in [2.05, 4.69) is 20.8 Å².